The van der Waals surface area contributed by atoms with Gasteiger partial charge in [0.05, 0.1) is 0 Å². The molecule has 0 radical (unpaired) electrons. The summed E-state index contributed by atoms with van der Waals surface area (Å²) < 4.78 is 0. The van der Waals surface area contributed by atoms with Gasteiger partial charge < -0.3 is 13.4 Å². The van der Waals surface area contributed by atoms with Gasteiger partial charge in [0, 0.05) is 5.52 Å². The SMILES string of the molecule is Cc1ccc(C)c(C(=O)[P-]C2CCCCC2)c1C.[Li+]. The van der Waals surface area contributed by atoms with Crippen molar-refractivity contribution >= 4 is 14.1 Å². The van der Waals surface area contributed by atoms with E-state index in [1.807, 2.05) is 0 Å². The van der Waals surface area contributed by atoms with Crippen LogP contribution in [0.2, 0.25) is 0 Å². The van der Waals surface area contributed by atoms with Crippen molar-refractivity contribution in [1.29, 1.82) is 0 Å². The van der Waals surface area contributed by atoms with Crippen molar-refractivity contribution in [2.75, 3.05) is 0 Å². The van der Waals surface area contributed by atoms with Gasteiger partial charge in [0.15, 0.2) is 0 Å². The molecule has 0 aliphatic heterocycles. The molecule has 1 nitrogen and oxygen atoms in total. The van der Waals surface area contributed by atoms with Crippen LogP contribution in [0.4, 0.5) is 0 Å². The van der Waals surface area contributed by atoms with Crippen LogP contribution < -0.4 is 18.9 Å². The van der Waals surface area contributed by atoms with E-state index >= 15 is 0 Å². The second-order valence-corrected chi connectivity index (χ2v) is 6.82. The number of rotatable bonds is 3. The Morgan fingerprint density at radius 3 is 2.26 bits per heavy atom. The summed E-state index contributed by atoms with van der Waals surface area (Å²) in [5, 5.41) is 0. The Labute approximate surface area is 130 Å². The zero-order valence-corrected chi connectivity index (χ0v) is 13.5. The fraction of sp³-hybridized carbons (Fsp3) is 0.562. The van der Waals surface area contributed by atoms with E-state index < -0.39 is 0 Å². The zero-order chi connectivity index (χ0) is 13.1. The van der Waals surface area contributed by atoms with E-state index in [1.165, 1.54) is 43.2 Å². The molecule has 0 unspecified atom stereocenters. The van der Waals surface area contributed by atoms with Crippen molar-refractivity contribution in [2.24, 2.45) is 0 Å². The first-order chi connectivity index (χ1) is 8.59. The van der Waals surface area contributed by atoms with Crippen LogP contribution in [0.15, 0.2) is 12.1 Å². The number of carbonyl (C=O) groups excluding carboxylic acids is 1. The van der Waals surface area contributed by atoms with Crippen LogP contribution in [-0.4, -0.2) is 11.2 Å². The molecule has 0 amide bonds. The average molecular weight is 268 g/mol. The molecular weight excluding hydrogens is 246 g/mol. The Bertz CT molecular complexity index is 450. The van der Waals surface area contributed by atoms with Crippen molar-refractivity contribution in [1.82, 2.24) is 0 Å². The standard InChI is InChI=1S/C16H22OP.Li/c1-11-9-10-12(2)15(13(11)3)16(17)18-14-7-5-4-6-8-14;/h9-10,14H,4-8H2,1-3H3;/q-1;+1. The summed E-state index contributed by atoms with van der Waals surface area (Å²) in [5.41, 5.74) is 5.44. The van der Waals surface area contributed by atoms with Crippen LogP contribution in [0.5, 0.6) is 0 Å². The molecule has 0 aromatic heterocycles. The molecule has 0 spiro atoms. The minimum absolute atomic E-state index is 0. The van der Waals surface area contributed by atoms with Crippen LogP contribution >= 0.6 is 8.58 Å². The first-order valence-electron chi connectivity index (χ1n) is 6.91. The van der Waals surface area contributed by atoms with Crippen LogP contribution in [0.3, 0.4) is 0 Å². The third-order valence-corrected chi connectivity index (χ3v) is 5.37. The molecule has 0 heterocycles. The topological polar surface area (TPSA) is 17.1 Å². The average Bonchev–Trinajstić information content (AvgIpc) is 2.36. The molecule has 1 aliphatic carbocycles. The van der Waals surface area contributed by atoms with Gasteiger partial charge in [0.2, 0.25) is 0 Å². The normalized spacial score (nSPS) is 16.6. The predicted molar refractivity (Wildman–Crippen MR) is 78.8 cm³/mol. The molecule has 98 valence electrons. The van der Waals surface area contributed by atoms with Gasteiger partial charge in [-0.3, -0.25) is 0 Å². The van der Waals surface area contributed by atoms with E-state index in [1.54, 1.807) is 0 Å². The molecule has 0 bridgehead atoms. The molecule has 19 heavy (non-hydrogen) atoms. The molecule has 1 saturated carbocycles. The third kappa shape index (κ3) is 4.19. The van der Waals surface area contributed by atoms with E-state index in [4.69, 9.17) is 0 Å². The quantitative estimate of drug-likeness (QED) is 0.605. The minimum atomic E-state index is 0. The first kappa shape index (κ1) is 17.0. The fourth-order valence-corrected chi connectivity index (χ4v) is 4.15. The number of hydrogen-bond acceptors (Lipinski definition) is 1. The fourth-order valence-electron chi connectivity index (χ4n) is 2.72. The van der Waals surface area contributed by atoms with E-state index in [9.17, 15) is 4.79 Å². The third-order valence-electron chi connectivity index (χ3n) is 4.03. The van der Waals surface area contributed by atoms with Crippen LogP contribution in [0.25, 0.3) is 0 Å². The molecule has 0 N–H and O–H groups in total. The Hall–Kier alpha value is -0.0826. The molecular formula is C16H22LiOP. The smallest absolute Gasteiger partial charge is 0.456 e. The molecule has 2 rings (SSSR count). The maximum Gasteiger partial charge on any atom is 1.00 e. The molecule has 0 atom stereocenters. The zero-order valence-electron chi connectivity index (χ0n) is 12.6. The van der Waals surface area contributed by atoms with Crippen LogP contribution in [0, 0.1) is 20.8 Å². The van der Waals surface area contributed by atoms with Crippen molar-refractivity contribution in [2.45, 2.75) is 58.5 Å². The largest absolute Gasteiger partial charge is 1.00 e. The van der Waals surface area contributed by atoms with Gasteiger partial charge >= 0.3 is 18.9 Å². The molecule has 3 heteroatoms. The predicted octanol–water partition coefficient (Wildman–Crippen LogP) is 2.03. The van der Waals surface area contributed by atoms with Gasteiger partial charge in [-0.15, -0.1) is 0 Å². The molecule has 1 fully saturated rings. The van der Waals surface area contributed by atoms with Gasteiger partial charge in [-0.1, -0.05) is 44.2 Å². The van der Waals surface area contributed by atoms with E-state index in [0.29, 0.717) is 11.2 Å². The monoisotopic (exact) mass is 268 g/mol. The summed E-state index contributed by atoms with van der Waals surface area (Å²) >= 11 is 0. The van der Waals surface area contributed by atoms with Gasteiger partial charge in [0.25, 0.3) is 0 Å². The number of aryl methyl sites for hydroxylation is 2. The molecule has 1 aliphatic rings. The number of hydrogen-bond donors (Lipinski definition) is 0. The van der Waals surface area contributed by atoms with Crippen molar-refractivity contribution < 1.29 is 23.7 Å². The van der Waals surface area contributed by atoms with E-state index in [0.717, 1.165) is 19.7 Å². The Balaban J connectivity index is 0.00000180. The molecule has 1 aromatic carbocycles. The maximum atomic E-state index is 12.5. The summed E-state index contributed by atoms with van der Waals surface area (Å²) in [5.74, 6) is 0. The summed E-state index contributed by atoms with van der Waals surface area (Å²) in [6, 6.07) is 4.19. The van der Waals surface area contributed by atoms with Gasteiger partial charge in [-0.25, -0.2) is 0 Å². The molecule has 0 saturated heterocycles. The summed E-state index contributed by atoms with van der Waals surface area (Å²) in [6.45, 7) is 6.21. The maximum absolute atomic E-state index is 12.5. The van der Waals surface area contributed by atoms with E-state index in [-0.39, 0.29) is 18.9 Å². The Morgan fingerprint density at radius 1 is 1.05 bits per heavy atom. The van der Waals surface area contributed by atoms with Crippen molar-refractivity contribution in [3.63, 3.8) is 0 Å². The second-order valence-electron chi connectivity index (χ2n) is 5.43. The number of benzene rings is 1. The second kappa shape index (κ2) is 7.63. The first-order valence-corrected chi connectivity index (χ1v) is 7.88. The van der Waals surface area contributed by atoms with Crippen molar-refractivity contribution in [3.05, 3.63) is 34.4 Å². The van der Waals surface area contributed by atoms with E-state index in [2.05, 4.69) is 32.9 Å². The summed E-state index contributed by atoms with van der Waals surface area (Å²) in [6.07, 6.45) is 6.42. The van der Waals surface area contributed by atoms with Gasteiger partial charge in [-0.05, 0) is 43.0 Å². The molecule has 1 aromatic rings. The minimum Gasteiger partial charge on any atom is -0.456 e. The Morgan fingerprint density at radius 2 is 1.63 bits per heavy atom. The van der Waals surface area contributed by atoms with Gasteiger partial charge in [-0.2, -0.15) is 5.66 Å². The van der Waals surface area contributed by atoms with Crippen LogP contribution in [0.1, 0.15) is 59.2 Å². The summed E-state index contributed by atoms with van der Waals surface area (Å²) in [7, 11) is 1.03. The van der Waals surface area contributed by atoms with Crippen molar-refractivity contribution in [3.8, 4) is 0 Å². The Kier molecular flexibility index (Phi) is 6.82. The summed E-state index contributed by atoms with van der Waals surface area (Å²) in [4.78, 5) is 12.5. The van der Waals surface area contributed by atoms with Crippen LogP contribution in [-0.2, 0) is 0 Å². The van der Waals surface area contributed by atoms with Gasteiger partial charge in [0.1, 0.15) is 0 Å². The number of carbonyl (C=O) groups is 1.